The lowest BCUT2D eigenvalue weighted by Gasteiger charge is -2.02. The Balaban J connectivity index is 2.28. The number of carbonyl (C=O) groups is 2. The van der Waals surface area contributed by atoms with E-state index >= 15 is 0 Å². The molecule has 0 N–H and O–H groups in total. The Hall–Kier alpha value is -1.83. The number of benzene rings is 1. The molecule has 8 heteroatoms. The molecule has 0 aliphatic rings. The lowest BCUT2D eigenvalue weighted by atomic mass is 10.2. The maximum Gasteiger partial charge on any atom is 0.450 e. The van der Waals surface area contributed by atoms with Crippen LogP contribution in [0.25, 0.3) is 10.2 Å². The zero-order valence-corrected chi connectivity index (χ0v) is 9.94. The zero-order chi connectivity index (χ0) is 14.2. The lowest BCUT2D eigenvalue weighted by Crippen LogP contribution is -2.25. The molecule has 0 radical (unpaired) electrons. The van der Waals surface area contributed by atoms with Crippen LogP contribution in [-0.4, -0.2) is 22.7 Å². The highest BCUT2D eigenvalue weighted by Crippen LogP contribution is 2.26. The number of para-hydroxylation sites is 1. The second-order valence-electron chi connectivity index (χ2n) is 3.63. The van der Waals surface area contributed by atoms with Gasteiger partial charge < -0.3 is 0 Å². The van der Waals surface area contributed by atoms with E-state index in [2.05, 4.69) is 4.98 Å². The molecular formula is C11H5F4NO2S. The van der Waals surface area contributed by atoms with Gasteiger partial charge in [-0.2, -0.15) is 13.2 Å². The van der Waals surface area contributed by atoms with Crippen LogP contribution in [0.4, 0.5) is 17.6 Å². The van der Waals surface area contributed by atoms with E-state index in [1.807, 2.05) is 0 Å². The Kier molecular flexibility index (Phi) is 3.36. The molecule has 0 saturated heterocycles. The molecule has 0 unspecified atom stereocenters. The number of aromatic nitrogens is 1. The summed E-state index contributed by atoms with van der Waals surface area (Å²) in [6.45, 7) is 0. The molecule has 0 saturated carbocycles. The summed E-state index contributed by atoms with van der Waals surface area (Å²) in [4.78, 5) is 25.8. The molecule has 2 aromatic rings. The summed E-state index contributed by atoms with van der Waals surface area (Å²) >= 11 is 0.752. The molecule has 3 nitrogen and oxygen atoms in total. The molecule has 0 atom stereocenters. The minimum absolute atomic E-state index is 0.0877. The highest BCUT2D eigenvalue weighted by Gasteiger charge is 2.39. The van der Waals surface area contributed by atoms with Gasteiger partial charge in [0.25, 0.3) is 0 Å². The van der Waals surface area contributed by atoms with Gasteiger partial charge in [0.05, 0.1) is 11.1 Å². The average Bonchev–Trinajstić information content (AvgIpc) is 2.73. The molecule has 0 aliphatic heterocycles. The smallest absolute Gasteiger partial charge is 0.291 e. The Bertz CT molecular complexity index is 662. The highest BCUT2D eigenvalue weighted by atomic mass is 32.1. The van der Waals surface area contributed by atoms with E-state index in [4.69, 9.17) is 0 Å². The summed E-state index contributed by atoms with van der Waals surface area (Å²) in [6, 6.07) is 4.00. The number of nitrogens with zero attached hydrogens (tertiary/aromatic N) is 1. The number of carbonyl (C=O) groups excluding carboxylic acids is 2. The Morgan fingerprint density at radius 3 is 2.53 bits per heavy atom. The fraction of sp³-hybridized carbons (Fsp3) is 0.182. The van der Waals surface area contributed by atoms with Crippen molar-refractivity contribution in [2.45, 2.75) is 12.6 Å². The fourth-order valence-electron chi connectivity index (χ4n) is 1.36. The molecule has 0 fully saturated rings. The first kappa shape index (κ1) is 13.6. The molecule has 0 bridgehead atoms. The fourth-order valence-corrected chi connectivity index (χ4v) is 2.27. The quantitative estimate of drug-likeness (QED) is 0.496. The minimum atomic E-state index is -5.06. The second kappa shape index (κ2) is 4.69. The van der Waals surface area contributed by atoms with E-state index in [0.29, 0.717) is 4.70 Å². The van der Waals surface area contributed by atoms with Gasteiger partial charge in [0.15, 0.2) is 10.8 Å². The van der Waals surface area contributed by atoms with Crippen LogP contribution < -0.4 is 0 Å². The maximum atomic E-state index is 13.3. The molecule has 2 rings (SSSR count). The SMILES string of the molecule is O=C(CC(=O)C(F)(F)F)c1nc2c(F)cccc2s1. The van der Waals surface area contributed by atoms with Gasteiger partial charge in [0.1, 0.15) is 11.3 Å². The van der Waals surface area contributed by atoms with Gasteiger partial charge in [-0.3, -0.25) is 9.59 Å². The normalized spacial score (nSPS) is 11.8. The number of ketones is 2. The van der Waals surface area contributed by atoms with Crippen molar-refractivity contribution in [3.63, 3.8) is 0 Å². The monoisotopic (exact) mass is 291 g/mol. The van der Waals surface area contributed by atoms with Crippen molar-refractivity contribution in [2.24, 2.45) is 0 Å². The molecule has 1 aromatic carbocycles. The number of hydrogen-bond donors (Lipinski definition) is 0. The molecule has 0 aliphatic carbocycles. The summed E-state index contributed by atoms with van der Waals surface area (Å²) in [7, 11) is 0. The van der Waals surface area contributed by atoms with Crippen LogP contribution in [0.1, 0.15) is 16.2 Å². The molecule has 100 valence electrons. The van der Waals surface area contributed by atoms with Crippen LogP contribution in [0.15, 0.2) is 18.2 Å². The average molecular weight is 291 g/mol. The van der Waals surface area contributed by atoms with Crippen molar-refractivity contribution in [1.82, 2.24) is 4.98 Å². The van der Waals surface area contributed by atoms with Crippen LogP contribution in [0, 0.1) is 5.82 Å². The van der Waals surface area contributed by atoms with E-state index < -0.39 is 30.0 Å². The van der Waals surface area contributed by atoms with Gasteiger partial charge in [-0.05, 0) is 12.1 Å². The molecule has 1 heterocycles. The van der Waals surface area contributed by atoms with Gasteiger partial charge in [0, 0.05) is 0 Å². The molecule has 0 spiro atoms. The number of fused-ring (bicyclic) bond motifs is 1. The van der Waals surface area contributed by atoms with Crippen LogP contribution in [0.2, 0.25) is 0 Å². The number of alkyl halides is 3. The maximum absolute atomic E-state index is 13.3. The number of halogens is 4. The van der Waals surface area contributed by atoms with Crippen molar-refractivity contribution in [3.8, 4) is 0 Å². The minimum Gasteiger partial charge on any atom is -0.291 e. The van der Waals surface area contributed by atoms with Crippen LogP contribution in [-0.2, 0) is 4.79 Å². The van der Waals surface area contributed by atoms with E-state index in [9.17, 15) is 27.2 Å². The molecule has 19 heavy (non-hydrogen) atoms. The molecule has 1 aromatic heterocycles. The van der Waals surface area contributed by atoms with Crippen molar-refractivity contribution < 1.29 is 27.2 Å². The van der Waals surface area contributed by atoms with Crippen molar-refractivity contribution >= 4 is 33.1 Å². The Labute approximate surface area is 107 Å². The van der Waals surface area contributed by atoms with E-state index in [-0.39, 0.29) is 10.5 Å². The van der Waals surface area contributed by atoms with Crippen LogP contribution >= 0.6 is 11.3 Å². The second-order valence-corrected chi connectivity index (χ2v) is 4.66. The van der Waals surface area contributed by atoms with Gasteiger partial charge >= 0.3 is 6.18 Å². The first-order valence-electron chi connectivity index (χ1n) is 4.97. The Morgan fingerprint density at radius 1 is 1.26 bits per heavy atom. The third-order valence-electron chi connectivity index (χ3n) is 2.25. The lowest BCUT2D eigenvalue weighted by molar-refractivity contribution is -0.170. The number of thiazole rings is 1. The van der Waals surface area contributed by atoms with Crippen LogP contribution in [0.3, 0.4) is 0 Å². The number of hydrogen-bond acceptors (Lipinski definition) is 4. The highest BCUT2D eigenvalue weighted by molar-refractivity contribution is 7.20. The third kappa shape index (κ3) is 2.78. The van der Waals surface area contributed by atoms with Crippen molar-refractivity contribution in [3.05, 3.63) is 29.0 Å². The standard InChI is InChI=1S/C11H5F4NO2S/c12-5-2-1-3-7-9(5)16-10(19-7)6(17)4-8(18)11(13,14)15/h1-3H,4H2. The topological polar surface area (TPSA) is 47.0 Å². The van der Waals surface area contributed by atoms with E-state index in [0.717, 1.165) is 17.4 Å². The Morgan fingerprint density at radius 2 is 1.95 bits per heavy atom. The summed E-state index contributed by atoms with van der Waals surface area (Å²) in [5, 5.41) is -0.308. The summed E-state index contributed by atoms with van der Waals surface area (Å²) in [5.74, 6) is -3.88. The van der Waals surface area contributed by atoms with Gasteiger partial charge in [-0.1, -0.05) is 6.07 Å². The van der Waals surface area contributed by atoms with Crippen molar-refractivity contribution in [2.75, 3.05) is 0 Å². The van der Waals surface area contributed by atoms with Crippen LogP contribution in [0.5, 0.6) is 0 Å². The first-order chi connectivity index (χ1) is 8.79. The predicted octanol–water partition coefficient (Wildman–Crippen LogP) is 3.14. The van der Waals surface area contributed by atoms with Gasteiger partial charge in [-0.15, -0.1) is 11.3 Å². The molecule has 0 amide bonds. The zero-order valence-electron chi connectivity index (χ0n) is 9.12. The first-order valence-corrected chi connectivity index (χ1v) is 5.79. The molecular weight excluding hydrogens is 286 g/mol. The summed E-state index contributed by atoms with van der Waals surface area (Å²) in [5.41, 5.74) is -0.0877. The largest absolute Gasteiger partial charge is 0.450 e. The van der Waals surface area contributed by atoms with E-state index in [1.54, 1.807) is 0 Å². The van der Waals surface area contributed by atoms with Gasteiger partial charge in [0.2, 0.25) is 5.78 Å². The van der Waals surface area contributed by atoms with Crippen molar-refractivity contribution in [1.29, 1.82) is 0 Å². The summed E-state index contributed by atoms with van der Waals surface area (Å²) < 4.78 is 49.7. The number of Topliss-reactive ketones (excluding diaryl/α,β-unsaturated/α-hetero) is 2. The van der Waals surface area contributed by atoms with E-state index in [1.165, 1.54) is 12.1 Å². The predicted molar refractivity (Wildman–Crippen MR) is 59.6 cm³/mol. The number of rotatable bonds is 3. The third-order valence-corrected chi connectivity index (χ3v) is 3.31. The summed E-state index contributed by atoms with van der Waals surface area (Å²) in [6.07, 6.45) is -6.37. The van der Waals surface area contributed by atoms with Gasteiger partial charge in [-0.25, -0.2) is 9.37 Å².